The maximum Gasteiger partial charge on any atom is 0.393 e. The average Bonchev–Trinajstić information content (AvgIpc) is 3.22. The van der Waals surface area contributed by atoms with Crippen molar-refractivity contribution in [2.75, 3.05) is 18.0 Å². The second kappa shape index (κ2) is 7.90. The molecule has 5 rings (SSSR count). The van der Waals surface area contributed by atoms with Gasteiger partial charge in [-0.2, -0.15) is 13.2 Å². The van der Waals surface area contributed by atoms with Gasteiger partial charge in [-0.3, -0.25) is 4.79 Å². The van der Waals surface area contributed by atoms with Crippen molar-refractivity contribution in [2.24, 2.45) is 11.3 Å². The number of rotatable bonds is 4. The van der Waals surface area contributed by atoms with Crippen LogP contribution in [-0.4, -0.2) is 41.2 Å². The van der Waals surface area contributed by atoms with Crippen LogP contribution in [0.25, 0.3) is 10.2 Å². The van der Waals surface area contributed by atoms with Gasteiger partial charge in [0.15, 0.2) is 0 Å². The lowest BCUT2D eigenvalue weighted by molar-refractivity contribution is -0.127. The summed E-state index contributed by atoms with van der Waals surface area (Å²) in [5.74, 6) is 1.08. The van der Waals surface area contributed by atoms with Gasteiger partial charge in [0.05, 0.1) is 11.8 Å². The van der Waals surface area contributed by atoms with Crippen LogP contribution in [0.2, 0.25) is 0 Å². The van der Waals surface area contributed by atoms with E-state index in [-0.39, 0.29) is 22.7 Å². The summed E-state index contributed by atoms with van der Waals surface area (Å²) < 4.78 is 38.4. The van der Waals surface area contributed by atoms with Gasteiger partial charge in [-0.15, -0.1) is 11.3 Å². The molecule has 2 saturated carbocycles. The lowest BCUT2D eigenvalue weighted by Gasteiger charge is -2.23. The number of amides is 1. The van der Waals surface area contributed by atoms with Gasteiger partial charge >= 0.3 is 6.18 Å². The van der Waals surface area contributed by atoms with Crippen LogP contribution in [0.5, 0.6) is 0 Å². The smallest absolute Gasteiger partial charge is 0.356 e. The van der Waals surface area contributed by atoms with Gasteiger partial charge < -0.3 is 10.2 Å². The maximum atomic E-state index is 12.8. The maximum absolute atomic E-state index is 12.8. The lowest BCUT2D eigenvalue weighted by atomic mass is 10.0. The third-order valence-electron chi connectivity index (χ3n) is 7.14. The van der Waals surface area contributed by atoms with E-state index in [9.17, 15) is 18.0 Å². The Balaban J connectivity index is 1.24. The highest BCUT2D eigenvalue weighted by Gasteiger charge is 2.49. The molecule has 1 aliphatic heterocycles. The number of nitrogens with zero attached hydrogens (tertiary/aromatic N) is 3. The van der Waals surface area contributed by atoms with Crippen LogP contribution >= 0.6 is 11.3 Å². The van der Waals surface area contributed by atoms with E-state index in [1.165, 1.54) is 25.6 Å². The SMILES string of the molecule is O=C(NC1CCCN(c2ncnc3sc(CC(F)(F)F)cc23)CC1)C1CCC2(CC2)C1. The van der Waals surface area contributed by atoms with E-state index >= 15 is 0 Å². The van der Waals surface area contributed by atoms with Crippen molar-refractivity contribution >= 4 is 33.3 Å². The zero-order valence-electron chi connectivity index (χ0n) is 17.4. The van der Waals surface area contributed by atoms with Crippen LogP contribution in [0.4, 0.5) is 19.0 Å². The number of carbonyl (C=O) groups is 1. The fourth-order valence-electron chi connectivity index (χ4n) is 5.26. The number of halogens is 3. The van der Waals surface area contributed by atoms with Gasteiger partial charge in [-0.05, 0) is 62.8 Å². The van der Waals surface area contributed by atoms with Crippen LogP contribution < -0.4 is 10.2 Å². The van der Waals surface area contributed by atoms with Gasteiger partial charge in [0.2, 0.25) is 5.91 Å². The molecule has 2 unspecified atom stereocenters. The summed E-state index contributed by atoms with van der Waals surface area (Å²) in [6, 6.07) is 1.73. The molecule has 0 bridgehead atoms. The number of alkyl halides is 3. The molecular weight excluding hydrogens is 425 g/mol. The molecule has 168 valence electrons. The van der Waals surface area contributed by atoms with Crippen molar-refractivity contribution in [1.82, 2.24) is 15.3 Å². The predicted octanol–water partition coefficient (Wildman–Crippen LogP) is 4.85. The largest absolute Gasteiger partial charge is 0.393 e. The van der Waals surface area contributed by atoms with E-state index in [1.54, 1.807) is 6.07 Å². The quantitative estimate of drug-likeness (QED) is 0.721. The molecule has 3 aliphatic rings. The van der Waals surface area contributed by atoms with Gasteiger partial charge in [0.1, 0.15) is 17.0 Å². The summed E-state index contributed by atoms with van der Waals surface area (Å²) in [4.78, 5) is 24.3. The normalized spacial score (nSPS) is 25.7. The molecule has 2 aromatic heterocycles. The number of hydrogen-bond donors (Lipinski definition) is 1. The molecule has 9 heteroatoms. The van der Waals surface area contributed by atoms with E-state index in [0.717, 1.165) is 56.5 Å². The Kier molecular flexibility index (Phi) is 5.35. The Hall–Kier alpha value is -1.90. The third kappa shape index (κ3) is 4.66. The van der Waals surface area contributed by atoms with Crippen LogP contribution in [0.3, 0.4) is 0 Å². The number of anilines is 1. The second-order valence-corrected chi connectivity index (χ2v) is 10.6. The van der Waals surface area contributed by atoms with E-state index < -0.39 is 12.6 Å². The van der Waals surface area contributed by atoms with Crippen LogP contribution in [0.1, 0.15) is 56.2 Å². The molecule has 5 nitrogen and oxygen atoms in total. The van der Waals surface area contributed by atoms with Crippen LogP contribution in [-0.2, 0) is 11.2 Å². The van der Waals surface area contributed by atoms with Crippen molar-refractivity contribution in [3.8, 4) is 0 Å². The Morgan fingerprint density at radius 3 is 2.77 bits per heavy atom. The molecule has 3 heterocycles. The first kappa shape index (κ1) is 21.0. The predicted molar refractivity (Wildman–Crippen MR) is 114 cm³/mol. The molecule has 31 heavy (non-hydrogen) atoms. The minimum atomic E-state index is -4.24. The highest BCUT2D eigenvalue weighted by molar-refractivity contribution is 7.18. The van der Waals surface area contributed by atoms with E-state index in [1.807, 2.05) is 0 Å². The Morgan fingerprint density at radius 1 is 1.19 bits per heavy atom. The number of carbonyl (C=O) groups excluding carboxylic acids is 1. The van der Waals surface area contributed by atoms with Crippen molar-refractivity contribution in [3.05, 3.63) is 17.3 Å². The van der Waals surface area contributed by atoms with Crippen molar-refractivity contribution in [1.29, 1.82) is 0 Å². The Bertz CT molecular complexity index is 971. The monoisotopic (exact) mass is 452 g/mol. The summed E-state index contributed by atoms with van der Waals surface area (Å²) in [5, 5.41) is 3.97. The molecule has 3 fully saturated rings. The van der Waals surface area contributed by atoms with Crippen molar-refractivity contribution in [2.45, 2.75) is 70.0 Å². The summed E-state index contributed by atoms with van der Waals surface area (Å²) in [5.41, 5.74) is 0.492. The molecule has 1 saturated heterocycles. The number of thiophene rings is 1. The number of hydrogen-bond acceptors (Lipinski definition) is 5. The Labute approximate surface area is 183 Å². The van der Waals surface area contributed by atoms with Crippen LogP contribution in [0.15, 0.2) is 12.4 Å². The van der Waals surface area contributed by atoms with Gasteiger partial charge in [0, 0.05) is 29.9 Å². The first-order valence-electron chi connectivity index (χ1n) is 11.2. The molecule has 1 amide bonds. The molecular formula is C22H27F3N4OS. The van der Waals surface area contributed by atoms with Crippen molar-refractivity contribution < 1.29 is 18.0 Å². The van der Waals surface area contributed by atoms with Gasteiger partial charge in [-0.25, -0.2) is 9.97 Å². The Morgan fingerprint density at radius 2 is 2.03 bits per heavy atom. The van der Waals surface area contributed by atoms with Gasteiger partial charge in [0.25, 0.3) is 0 Å². The summed E-state index contributed by atoms with van der Waals surface area (Å²) in [6.45, 7) is 1.49. The molecule has 2 atom stereocenters. The third-order valence-corrected chi connectivity index (χ3v) is 8.18. The number of aromatic nitrogens is 2. The summed E-state index contributed by atoms with van der Waals surface area (Å²) >= 11 is 1.08. The first-order valence-corrected chi connectivity index (χ1v) is 12.0. The lowest BCUT2D eigenvalue weighted by Crippen LogP contribution is -2.39. The topological polar surface area (TPSA) is 58.1 Å². The van der Waals surface area contributed by atoms with E-state index in [4.69, 9.17) is 0 Å². The van der Waals surface area contributed by atoms with Crippen molar-refractivity contribution in [3.63, 3.8) is 0 Å². The molecule has 2 aliphatic carbocycles. The zero-order valence-corrected chi connectivity index (χ0v) is 18.2. The summed E-state index contributed by atoms with van der Waals surface area (Å²) in [6.07, 6.45) is 4.73. The summed E-state index contributed by atoms with van der Waals surface area (Å²) in [7, 11) is 0. The highest BCUT2D eigenvalue weighted by atomic mass is 32.1. The standard InChI is InChI=1S/C22H27F3N4OS/c23-22(24,25)12-16-10-17-18(26-13-27-20(17)31-16)29-8-1-2-15(4-9-29)28-19(30)14-3-5-21(11-14)6-7-21/h10,13-15H,1-9,11-12H2,(H,28,30). The minimum Gasteiger partial charge on any atom is -0.356 e. The molecule has 1 N–H and O–H groups in total. The van der Waals surface area contributed by atoms with Gasteiger partial charge in [-0.1, -0.05) is 0 Å². The van der Waals surface area contributed by atoms with Crippen LogP contribution in [0, 0.1) is 11.3 Å². The molecule has 1 spiro atoms. The first-order chi connectivity index (χ1) is 14.8. The average molecular weight is 453 g/mol. The minimum absolute atomic E-state index is 0.147. The molecule has 0 aromatic carbocycles. The number of nitrogens with one attached hydrogen (secondary N) is 1. The molecule has 2 aromatic rings. The fraction of sp³-hybridized carbons (Fsp3) is 0.682. The van der Waals surface area contributed by atoms with E-state index in [2.05, 4.69) is 20.2 Å². The zero-order chi connectivity index (χ0) is 21.6. The number of fused-ring (bicyclic) bond motifs is 1. The second-order valence-electron chi connectivity index (χ2n) is 9.48. The molecule has 0 radical (unpaired) electrons. The van der Waals surface area contributed by atoms with E-state index in [0.29, 0.717) is 21.4 Å². The highest BCUT2D eigenvalue weighted by Crippen LogP contribution is 2.59. The fourth-order valence-corrected chi connectivity index (χ4v) is 6.28.